The quantitative estimate of drug-likeness (QED) is 0.708. The highest BCUT2D eigenvalue weighted by molar-refractivity contribution is 7.20. The Morgan fingerprint density at radius 3 is 2.64 bits per heavy atom. The molecule has 3 aromatic heterocycles. The van der Waals surface area contributed by atoms with Crippen molar-refractivity contribution in [3.8, 4) is 0 Å². The predicted molar refractivity (Wildman–Crippen MR) is 113 cm³/mol. The van der Waals surface area contributed by atoms with Gasteiger partial charge in [-0.1, -0.05) is 25.3 Å². The standard InChI is InChI=1S/C21H25N5OS/c1-15-17-19(23-13-16-9-5-6-10-22-16)24-14-25-20(17)28-18(15)21(27)26-11-7-3-2-4-8-12-26/h5-6,9-10,14H,2-4,7-8,11-13H2,1H3,(H,23,24,25). The summed E-state index contributed by atoms with van der Waals surface area (Å²) in [4.78, 5) is 30.1. The molecule has 0 spiro atoms. The first-order valence-electron chi connectivity index (χ1n) is 9.91. The lowest BCUT2D eigenvalue weighted by molar-refractivity contribution is 0.0747. The largest absolute Gasteiger partial charge is 0.364 e. The number of nitrogens with zero attached hydrogens (tertiary/aromatic N) is 4. The Hall–Kier alpha value is -2.54. The van der Waals surface area contributed by atoms with E-state index in [-0.39, 0.29) is 5.91 Å². The van der Waals surface area contributed by atoms with Crippen molar-refractivity contribution in [2.45, 2.75) is 45.6 Å². The van der Waals surface area contributed by atoms with E-state index in [9.17, 15) is 4.79 Å². The highest BCUT2D eigenvalue weighted by atomic mass is 32.1. The molecule has 4 heterocycles. The Morgan fingerprint density at radius 2 is 1.89 bits per heavy atom. The number of hydrogen-bond donors (Lipinski definition) is 1. The molecule has 1 aliphatic rings. The molecular formula is C21H25N5OS. The summed E-state index contributed by atoms with van der Waals surface area (Å²) in [6, 6.07) is 5.84. The topological polar surface area (TPSA) is 71.0 Å². The summed E-state index contributed by atoms with van der Waals surface area (Å²) in [6.45, 7) is 4.29. The van der Waals surface area contributed by atoms with Gasteiger partial charge in [-0.3, -0.25) is 9.78 Å². The molecule has 0 aliphatic carbocycles. The van der Waals surface area contributed by atoms with Crippen LogP contribution in [-0.4, -0.2) is 38.8 Å². The fourth-order valence-corrected chi connectivity index (χ4v) is 4.80. The van der Waals surface area contributed by atoms with Crippen molar-refractivity contribution in [2.75, 3.05) is 18.4 Å². The monoisotopic (exact) mass is 395 g/mol. The van der Waals surface area contributed by atoms with Gasteiger partial charge in [-0.05, 0) is 37.5 Å². The molecule has 0 atom stereocenters. The molecule has 1 saturated heterocycles. The Bertz CT molecular complexity index is 948. The van der Waals surface area contributed by atoms with Crippen molar-refractivity contribution in [1.82, 2.24) is 19.9 Å². The van der Waals surface area contributed by atoms with Crippen LogP contribution in [-0.2, 0) is 6.54 Å². The number of nitrogens with one attached hydrogen (secondary N) is 1. The maximum Gasteiger partial charge on any atom is 0.264 e. The van der Waals surface area contributed by atoms with E-state index >= 15 is 0 Å². The van der Waals surface area contributed by atoms with Gasteiger partial charge in [-0.15, -0.1) is 11.3 Å². The number of carbonyl (C=O) groups is 1. The molecule has 0 aromatic carbocycles. The van der Waals surface area contributed by atoms with Gasteiger partial charge in [-0.2, -0.15) is 0 Å². The molecule has 0 bridgehead atoms. The van der Waals surface area contributed by atoms with Crippen LogP contribution in [0.3, 0.4) is 0 Å². The lowest BCUT2D eigenvalue weighted by Crippen LogP contribution is -2.33. The zero-order valence-corrected chi connectivity index (χ0v) is 17.0. The van der Waals surface area contributed by atoms with Crippen LogP contribution in [0.5, 0.6) is 0 Å². The first-order chi connectivity index (χ1) is 13.7. The Balaban J connectivity index is 1.60. The fraction of sp³-hybridized carbons (Fsp3) is 0.429. The number of likely N-dealkylation sites (tertiary alicyclic amines) is 1. The highest BCUT2D eigenvalue weighted by Crippen LogP contribution is 2.34. The Labute approximate surface area is 169 Å². The molecular weight excluding hydrogens is 370 g/mol. The first kappa shape index (κ1) is 18.8. The average Bonchev–Trinajstić information content (AvgIpc) is 3.04. The lowest BCUT2D eigenvalue weighted by Gasteiger charge is -2.24. The van der Waals surface area contributed by atoms with Gasteiger partial charge >= 0.3 is 0 Å². The second kappa shape index (κ2) is 8.65. The van der Waals surface area contributed by atoms with Crippen LogP contribution in [0, 0.1) is 6.92 Å². The zero-order valence-electron chi connectivity index (χ0n) is 16.1. The van der Waals surface area contributed by atoms with Gasteiger partial charge in [0.1, 0.15) is 17.0 Å². The molecule has 1 fully saturated rings. The first-order valence-corrected chi connectivity index (χ1v) is 10.7. The molecule has 1 aliphatic heterocycles. The molecule has 0 radical (unpaired) electrons. The van der Waals surface area contributed by atoms with Gasteiger partial charge in [0, 0.05) is 19.3 Å². The third-order valence-corrected chi connectivity index (χ3v) is 6.42. The van der Waals surface area contributed by atoms with E-state index in [4.69, 9.17) is 0 Å². The average molecular weight is 396 g/mol. The van der Waals surface area contributed by atoms with Crippen molar-refractivity contribution >= 4 is 33.3 Å². The summed E-state index contributed by atoms with van der Waals surface area (Å²) in [5, 5.41) is 4.31. The summed E-state index contributed by atoms with van der Waals surface area (Å²) >= 11 is 1.48. The van der Waals surface area contributed by atoms with Gasteiger partial charge in [0.25, 0.3) is 5.91 Å². The molecule has 0 unspecified atom stereocenters. The van der Waals surface area contributed by atoms with Crippen LogP contribution in [0.2, 0.25) is 0 Å². The lowest BCUT2D eigenvalue weighted by atomic mass is 10.1. The molecule has 7 heteroatoms. The van der Waals surface area contributed by atoms with Crippen LogP contribution in [0.25, 0.3) is 10.2 Å². The van der Waals surface area contributed by atoms with Crippen LogP contribution < -0.4 is 5.32 Å². The van der Waals surface area contributed by atoms with Crippen LogP contribution in [0.4, 0.5) is 5.82 Å². The molecule has 1 amide bonds. The summed E-state index contributed by atoms with van der Waals surface area (Å²) in [5.74, 6) is 0.897. The number of aryl methyl sites for hydroxylation is 1. The maximum absolute atomic E-state index is 13.2. The van der Waals surface area contributed by atoms with Crippen LogP contribution in [0.15, 0.2) is 30.7 Å². The summed E-state index contributed by atoms with van der Waals surface area (Å²) in [5.41, 5.74) is 1.91. The number of pyridine rings is 1. The van der Waals surface area contributed by atoms with Crippen LogP contribution >= 0.6 is 11.3 Å². The smallest absolute Gasteiger partial charge is 0.264 e. The fourth-order valence-electron chi connectivity index (χ4n) is 3.68. The number of rotatable bonds is 4. The summed E-state index contributed by atoms with van der Waals surface area (Å²) in [7, 11) is 0. The number of carbonyl (C=O) groups excluding carboxylic acids is 1. The highest BCUT2D eigenvalue weighted by Gasteiger charge is 2.23. The third-order valence-electron chi connectivity index (χ3n) is 5.23. The minimum Gasteiger partial charge on any atom is -0.364 e. The predicted octanol–water partition coefficient (Wildman–Crippen LogP) is 4.41. The molecule has 146 valence electrons. The minimum atomic E-state index is 0.137. The van der Waals surface area contributed by atoms with Gasteiger partial charge in [0.05, 0.1) is 22.5 Å². The summed E-state index contributed by atoms with van der Waals surface area (Å²) in [6.07, 6.45) is 9.22. The number of amides is 1. The Kier molecular flexibility index (Phi) is 5.81. The second-order valence-electron chi connectivity index (χ2n) is 7.19. The third kappa shape index (κ3) is 3.99. The van der Waals surface area contributed by atoms with E-state index in [2.05, 4.69) is 20.3 Å². The maximum atomic E-state index is 13.2. The zero-order chi connectivity index (χ0) is 19.3. The van der Waals surface area contributed by atoms with E-state index in [1.54, 1.807) is 12.5 Å². The second-order valence-corrected chi connectivity index (χ2v) is 8.19. The van der Waals surface area contributed by atoms with E-state index in [0.717, 1.165) is 58.1 Å². The van der Waals surface area contributed by atoms with E-state index in [1.807, 2.05) is 30.0 Å². The van der Waals surface area contributed by atoms with E-state index in [0.29, 0.717) is 6.54 Å². The van der Waals surface area contributed by atoms with Crippen molar-refractivity contribution in [3.05, 3.63) is 46.9 Å². The minimum absolute atomic E-state index is 0.137. The number of anilines is 1. The number of hydrogen-bond acceptors (Lipinski definition) is 6. The van der Waals surface area contributed by atoms with E-state index in [1.165, 1.54) is 30.6 Å². The normalized spacial score (nSPS) is 15.2. The Morgan fingerprint density at radius 1 is 1.11 bits per heavy atom. The van der Waals surface area contributed by atoms with Crippen molar-refractivity contribution < 1.29 is 4.79 Å². The van der Waals surface area contributed by atoms with Crippen LogP contribution in [0.1, 0.15) is 53.0 Å². The van der Waals surface area contributed by atoms with Crippen molar-refractivity contribution in [3.63, 3.8) is 0 Å². The number of aromatic nitrogens is 3. The van der Waals surface area contributed by atoms with Gasteiger partial charge in [0.2, 0.25) is 0 Å². The molecule has 28 heavy (non-hydrogen) atoms. The van der Waals surface area contributed by atoms with Crippen molar-refractivity contribution in [1.29, 1.82) is 0 Å². The van der Waals surface area contributed by atoms with Gasteiger partial charge in [-0.25, -0.2) is 9.97 Å². The van der Waals surface area contributed by atoms with Crippen molar-refractivity contribution in [2.24, 2.45) is 0 Å². The van der Waals surface area contributed by atoms with E-state index < -0.39 is 0 Å². The van der Waals surface area contributed by atoms with Gasteiger partial charge < -0.3 is 10.2 Å². The van der Waals surface area contributed by atoms with Gasteiger partial charge in [0.15, 0.2) is 0 Å². The molecule has 3 aromatic rings. The summed E-state index contributed by atoms with van der Waals surface area (Å²) < 4.78 is 0. The number of thiophene rings is 1. The molecule has 6 nitrogen and oxygen atoms in total. The number of fused-ring (bicyclic) bond motifs is 1. The SMILES string of the molecule is Cc1c(C(=O)N2CCCCCCC2)sc2ncnc(NCc3ccccn3)c12. The molecule has 0 saturated carbocycles. The molecule has 1 N–H and O–H groups in total. The molecule has 4 rings (SSSR count).